The highest BCUT2D eigenvalue weighted by atomic mass is 15.2. The standard InChI is InChI=1S/C59H49N3/c1-41-19-17-34-56(61(47-25-9-4-10-26-47)57-32-15-13-28-49(41)57)45-24-18-27-48(37-45)62-58-33-16-14-31-52(58)53-38-44(35-36-59(53)62)50-29-11-12-30-51(50)46-39-54(42-20-5-2-6-21-42)60-55(40-46)43-22-7-3-8-23-43/h2-10,13-22,24-40,43,49,56-57H,11-12,23H2,1H3/b34-17-,41-19+. The smallest absolute Gasteiger partial charge is 0.0737 e. The second kappa shape index (κ2) is 16.3. The molecular formula is C59H49N3. The molecule has 5 aromatic carbocycles. The van der Waals surface area contributed by atoms with Crippen LogP contribution in [0.1, 0.15) is 60.5 Å². The van der Waals surface area contributed by atoms with E-state index in [1.165, 1.54) is 60.9 Å². The van der Waals surface area contributed by atoms with Crippen LogP contribution in [0.15, 0.2) is 224 Å². The SMILES string of the molecule is C/C1=C\C=C/C(c2cccc(-n3c4ccccc4c4cc(C5=CCCC=C5c5cc(-c6ccccc6)nc(C6C=CC=CC6)c5)ccc43)c2)N(c2ccccc2)C2C=CC=CC12. The number of rotatable bonds is 7. The molecule has 3 nitrogen and oxygen atoms in total. The van der Waals surface area contributed by atoms with E-state index in [1.54, 1.807) is 0 Å². The molecule has 4 aliphatic rings. The fourth-order valence-electron chi connectivity index (χ4n) is 10.1. The number of para-hydroxylation sites is 2. The van der Waals surface area contributed by atoms with Crippen LogP contribution >= 0.6 is 0 Å². The highest BCUT2D eigenvalue weighted by molar-refractivity contribution is 6.13. The summed E-state index contributed by atoms with van der Waals surface area (Å²) in [7, 11) is 0. The van der Waals surface area contributed by atoms with E-state index < -0.39 is 0 Å². The fraction of sp³-hybridized carbons (Fsp3) is 0.136. The summed E-state index contributed by atoms with van der Waals surface area (Å²) in [5, 5.41) is 2.51. The first kappa shape index (κ1) is 37.7. The van der Waals surface area contributed by atoms with Crippen LogP contribution < -0.4 is 4.90 Å². The van der Waals surface area contributed by atoms with Crippen molar-refractivity contribution in [1.82, 2.24) is 9.55 Å². The van der Waals surface area contributed by atoms with Gasteiger partial charge in [-0.25, -0.2) is 0 Å². The molecule has 0 saturated carbocycles. The van der Waals surface area contributed by atoms with Crippen LogP contribution in [-0.4, -0.2) is 15.6 Å². The normalized spacial score (nSPS) is 22.1. The average molecular weight is 800 g/mol. The first-order valence-corrected chi connectivity index (χ1v) is 22.2. The number of hydrogen-bond acceptors (Lipinski definition) is 2. The van der Waals surface area contributed by atoms with Crippen LogP contribution in [-0.2, 0) is 0 Å². The van der Waals surface area contributed by atoms with E-state index in [0.29, 0.717) is 0 Å². The van der Waals surface area contributed by atoms with Crippen molar-refractivity contribution in [2.45, 2.75) is 44.2 Å². The maximum absolute atomic E-state index is 5.26. The Morgan fingerprint density at radius 2 is 1.29 bits per heavy atom. The quantitative estimate of drug-likeness (QED) is 0.160. The summed E-state index contributed by atoms with van der Waals surface area (Å²) < 4.78 is 2.47. The van der Waals surface area contributed by atoms with Crippen LogP contribution in [0.5, 0.6) is 0 Å². The number of allylic oxidation sites excluding steroid dienone is 12. The molecule has 0 radical (unpaired) electrons. The lowest BCUT2D eigenvalue weighted by Crippen LogP contribution is -2.42. The number of anilines is 1. The minimum absolute atomic E-state index is 0.0233. The van der Waals surface area contributed by atoms with Crippen molar-refractivity contribution in [1.29, 1.82) is 0 Å². The molecule has 3 heteroatoms. The van der Waals surface area contributed by atoms with E-state index in [0.717, 1.165) is 41.9 Å². The second-order valence-corrected chi connectivity index (χ2v) is 16.9. The number of benzene rings is 5. The second-order valence-electron chi connectivity index (χ2n) is 16.9. The van der Waals surface area contributed by atoms with E-state index in [4.69, 9.17) is 4.98 Å². The Morgan fingerprint density at radius 3 is 2.13 bits per heavy atom. The molecule has 62 heavy (non-hydrogen) atoms. The molecule has 300 valence electrons. The summed E-state index contributed by atoms with van der Waals surface area (Å²) in [5.41, 5.74) is 15.7. The van der Waals surface area contributed by atoms with Gasteiger partial charge in [-0.05, 0) is 109 Å². The lowest BCUT2D eigenvalue weighted by Gasteiger charge is -2.43. The van der Waals surface area contributed by atoms with Gasteiger partial charge in [0.2, 0.25) is 0 Å². The number of pyridine rings is 1. The third-order valence-corrected chi connectivity index (χ3v) is 13.2. The van der Waals surface area contributed by atoms with Gasteiger partial charge in [-0.15, -0.1) is 0 Å². The topological polar surface area (TPSA) is 21.1 Å². The van der Waals surface area contributed by atoms with Gasteiger partial charge in [0.05, 0.1) is 28.8 Å². The van der Waals surface area contributed by atoms with E-state index in [-0.39, 0.29) is 23.9 Å². The van der Waals surface area contributed by atoms with Crippen molar-refractivity contribution in [3.05, 3.63) is 246 Å². The Morgan fingerprint density at radius 1 is 0.548 bits per heavy atom. The summed E-state index contributed by atoms with van der Waals surface area (Å²) >= 11 is 0. The fourth-order valence-corrected chi connectivity index (χ4v) is 10.1. The molecule has 0 amide bonds. The summed E-state index contributed by atoms with van der Waals surface area (Å²) in [6.07, 6.45) is 32.8. The number of fused-ring (bicyclic) bond motifs is 4. The third-order valence-electron chi connectivity index (χ3n) is 13.2. The minimum atomic E-state index is 0.0233. The lowest BCUT2D eigenvalue weighted by molar-refractivity contribution is 0.548. The van der Waals surface area contributed by atoms with E-state index in [9.17, 15) is 0 Å². The monoisotopic (exact) mass is 799 g/mol. The van der Waals surface area contributed by atoms with Crippen molar-refractivity contribution < 1.29 is 0 Å². The molecule has 0 N–H and O–H groups in total. The molecule has 2 aromatic heterocycles. The molecule has 7 aromatic rings. The maximum Gasteiger partial charge on any atom is 0.0737 e. The van der Waals surface area contributed by atoms with Crippen molar-refractivity contribution in [2.24, 2.45) is 5.92 Å². The minimum Gasteiger partial charge on any atom is -0.354 e. The van der Waals surface area contributed by atoms with Gasteiger partial charge in [-0.2, -0.15) is 0 Å². The van der Waals surface area contributed by atoms with Crippen LogP contribution in [0, 0.1) is 5.92 Å². The molecule has 3 aliphatic carbocycles. The van der Waals surface area contributed by atoms with Gasteiger partial charge < -0.3 is 9.47 Å². The first-order valence-electron chi connectivity index (χ1n) is 22.2. The van der Waals surface area contributed by atoms with Gasteiger partial charge in [-0.3, -0.25) is 4.98 Å². The Labute approximate surface area is 365 Å². The van der Waals surface area contributed by atoms with Gasteiger partial charge >= 0.3 is 0 Å². The number of nitrogens with zero attached hydrogens (tertiary/aromatic N) is 3. The highest BCUT2D eigenvalue weighted by Crippen LogP contribution is 2.43. The highest BCUT2D eigenvalue weighted by Gasteiger charge is 2.33. The van der Waals surface area contributed by atoms with E-state index >= 15 is 0 Å². The zero-order valence-corrected chi connectivity index (χ0v) is 35.1. The Bertz CT molecular complexity index is 3070. The molecule has 11 rings (SSSR count). The zero-order valence-electron chi connectivity index (χ0n) is 35.1. The summed E-state index contributed by atoms with van der Waals surface area (Å²) in [5.74, 6) is 0.540. The van der Waals surface area contributed by atoms with Gasteiger partial charge in [0, 0.05) is 45.2 Å². The molecule has 3 heterocycles. The van der Waals surface area contributed by atoms with Crippen molar-refractivity contribution in [3.63, 3.8) is 0 Å². The van der Waals surface area contributed by atoms with Gasteiger partial charge in [0.15, 0.2) is 0 Å². The molecule has 0 fully saturated rings. The predicted octanol–water partition coefficient (Wildman–Crippen LogP) is 14.9. The molecule has 1 aliphatic heterocycles. The van der Waals surface area contributed by atoms with Gasteiger partial charge in [0.25, 0.3) is 0 Å². The average Bonchev–Trinajstić information content (AvgIpc) is 3.67. The van der Waals surface area contributed by atoms with E-state index in [2.05, 4.69) is 235 Å². The van der Waals surface area contributed by atoms with Crippen molar-refractivity contribution >= 4 is 38.6 Å². The molecule has 0 bridgehead atoms. The summed E-state index contributed by atoms with van der Waals surface area (Å²) in [4.78, 5) is 7.87. The number of hydrogen-bond donors (Lipinski definition) is 0. The molecule has 4 unspecified atom stereocenters. The Balaban J connectivity index is 1.01. The molecule has 0 saturated heterocycles. The van der Waals surface area contributed by atoms with E-state index in [1.807, 2.05) is 0 Å². The molecule has 0 spiro atoms. The van der Waals surface area contributed by atoms with Crippen molar-refractivity contribution in [2.75, 3.05) is 4.90 Å². The lowest BCUT2D eigenvalue weighted by atomic mass is 9.84. The molecular weight excluding hydrogens is 751 g/mol. The third kappa shape index (κ3) is 6.94. The van der Waals surface area contributed by atoms with Crippen LogP contribution in [0.4, 0.5) is 5.69 Å². The summed E-state index contributed by atoms with van der Waals surface area (Å²) in [6, 6.07) is 51.6. The predicted molar refractivity (Wildman–Crippen MR) is 261 cm³/mol. The van der Waals surface area contributed by atoms with Gasteiger partial charge in [-0.1, -0.05) is 169 Å². The van der Waals surface area contributed by atoms with Crippen LogP contribution in [0.2, 0.25) is 0 Å². The Kier molecular flexibility index (Phi) is 9.94. The first-order chi connectivity index (χ1) is 30.7. The van der Waals surface area contributed by atoms with Crippen LogP contribution in [0.25, 0.3) is 49.9 Å². The van der Waals surface area contributed by atoms with Crippen LogP contribution in [0.3, 0.4) is 0 Å². The molecule has 4 atom stereocenters. The zero-order chi connectivity index (χ0) is 41.4. The Hall–Kier alpha value is -7.23. The maximum atomic E-state index is 5.26. The van der Waals surface area contributed by atoms with Crippen molar-refractivity contribution in [3.8, 4) is 16.9 Å². The van der Waals surface area contributed by atoms with Gasteiger partial charge in [0.1, 0.15) is 0 Å². The number of aromatic nitrogens is 2. The largest absolute Gasteiger partial charge is 0.354 e. The summed E-state index contributed by atoms with van der Waals surface area (Å²) in [6.45, 7) is 2.26.